The van der Waals surface area contributed by atoms with Gasteiger partial charge in [-0.25, -0.2) is 5.43 Å². The van der Waals surface area contributed by atoms with Crippen molar-refractivity contribution in [2.45, 2.75) is 26.1 Å². The first-order valence-electron chi connectivity index (χ1n) is 10.1. The molecule has 1 amide bonds. The van der Waals surface area contributed by atoms with Gasteiger partial charge < -0.3 is 14.2 Å². The Morgan fingerprint density at radius 3 is 2.77 bits per heavy atom. The minimum absolute atomic E-state index is 0.191. The summed E-state index contributed by atoms with van der Waals surface area (Å²) < 4.78 is 16.9. The van der Waals surface area contributed by atoms with E-state index in [0.717, 1.165) is 28.9 Å². The van der Waals surface area contributed by atoms with E-state index in [2.05, 4.69) is 10.5 Å². The maximum atomic E-state index is 12.5. The van der Waals surface area contributed by atoms with Crippen molar-refractivity contribution in [2.75, 3.05) is 7.11 Å². The Morgan fingerprint density at radius 2 is 1.97 bits per heavy atom. The lowest BCUT2D eigenvalue weighted by Gasteiger charge is -2.12. The number of benzene rings is 3. The van der Waals surface area contributed by atoms with Crippen LogP contribution in [0.4, 0.5) is 0 Å². The lowest BCUT2D eigenvalue weighted by atomic mass is 10.1. The third kappa shape index (κ3) is 5.04. The fourth-order valence-corrected chi connectivity index (χ4v) is 3.42. The summed E-state index contributed by atoms with van der Waals surface area (Å²) in [6.45, 7) is 2.46. The van der Waals surface area contributed by atoms with Crippen molar-refractivity contribution in [2.24, 2.45) is 5.10 Å². The third-order valence-electron chi connectivity index (χ3n) is 4.96. The average Bonchev–Trinajstić information content (AvgIpc) is 3.17. The minimum atomic E-state index is -0.331. The van der Waals surface area contributed by atoms with Gasteiger partial charge in [0.05, 0.1) is 13.3 Å². The minimum Gasteiger partial charge on any atom is -0.493 e. The van der Waals surface area contributed by atoms with Crippen LogP contribution in [0.5, 0.6) is 17.2 Å². The summed E-state index contributed by atoms with van der Waals surface area (Å²) in [7, 11) is 1.54. The molecule has 6 heteroatoms. The van der Waals surface area contributed by atoms with Crippen molar-refractivity contribution in [3.63, 3.8) is 0 Å². The predicted molar refractivity (Wildman–Crippen MR) is 119 cm³/mol. The van der Waals surface area contributed by atoms with Crippen LogP contribution in [0.25, 0.3) is 0 Å². The highest BCUT2D eigenvalue weighted by Crippen LogP contribution is 2.30. The van der Waals surface area contributed by atoms with Gasteiger partial charge >= 0.3 is 0 Å². The first kappa shape index (κ1) is 20.5. The monoisotopic (exact) mass is 416 g/mol. The van der Waals surface area contributed by atoms with Crippen LogP contribution >= 0.6 is 0 Å². The number of nitrogens with zero attached hydrogens (tertiary/aromatic N) is 1. The number of hydrazone groups is 1. The molecular formula is C25H24N2O4. The maximum absolute atomic E-state index is 12.5. The van der Waals surface area contributed by atoms with Gasteiger partial charge in [-0.1, -0.05) is 30.3 Å². The lowest BCUT2D eigenvalue weighted by Crippen LogP contribution is -2.17. The zero-order valence-electron chi connectivity index (χ0n) is 17.5. The van der Waals surface area contributed by atoms with Crippen LogP contribution in [0, 0.1) is 0 Å². The first-order chi connectivity index (χ1) is 15.1. The average molecular weight is 416 g/mol. The van der Waals surface area contributed by atoms with Crippen LogP contribution in [0.15, 0.2) is 71.8 Å². The second-order valence-electron chi connectivity index (χ2n) is 7.34. The van der Waals surface area contributed by atoms with Gasteiger partial charge in [0.2, 0.25) is 0 Å². The van der Waals surface area contributed by atoms with E-state index in [4.69, 9.17) is 14.2 Å². The molecule has 0 spiro atoms. The summed E-state index contributed by atoms with van der Waals surface area (Å²) in [4.78, 5) is 12.5. The molecule has 0 saturated carbocycles. The molecule has 1 N–H and O–H groups in total. The smallest absolute Gasteiger partial charge is 0.271 e. The molecule has 0 aliphatic carbocycles. The van der Waals surface area contributed by atoms with Crippen LogP contribution < -0.4 is 19.6 Å². The van der Waals surface area contributed by atoms with E-state index in [-0.39, 0.29) is 12.0 Å². The fraction of sp³-hybridized carbons (Fsp3) is 0.200. The number of amides is 1. The van der Waals surface area contributed by atoms with Crippen LogP contribution in [0.1, 0.15) is 34.0 Å². The number of carbonyl (C=O) groups is 1. The van der Waals surface area contributed by atoms with Crippen molar-refractivity contribution in [3.8, 4) is 17.2 Å². The molecule has 0 radical (unpaired) electrons. The maximum Gasteiger partial charge on any atom is 0.271 e. The SMILES string of the molecule is COc1cc(C(=O)N/N=C/c2ccc3c(c2)C[C@@H](C)O3)ccc1OCc1ccccc1. The van der Waals surface area contributed by atoms with Gasteiger partial charge in [-0.2, -0.15) is 5.10 Å². The molecule has 0 fully saturated rings. The zero-order valence-corrected chi connectivity index (χ0v) is 17.5. The molecule has 0 saturated heterocycles. The molecule has 4 rings (SSSR count). The van der Waals surface area contributed by atoms with Gasteiger partial charge in [0, 0.05) is 12.0 Å². The molecule has 0 aromatic heterocycles. The van der Waals surface area contributed by atoms with Crippen LogP contribution in [-0.2, 0) is 13.0 Å². The molecule has 1 aliphatic rings. The number of rotatable bonds is 7. The molecular weight excluding hydrogens is 392 g/mol. The molecule has 1 heterocycles. The van der Waals surface area contributed by atoms with E-state index in [1.807, 2.05) is 55.5 Å². The van der Waals surface area contributed by atoms with Crippen molar-refractivity contribution in [3.05, 3.63) is 89.0 Å². The number of nitrogens with one attached hydrogen (secondary N) is 1. The highest BCUT2D eigenvalue weighted by molar-refractivity contribution is 5.95. The number of fused-ring (bicyclic) bond motifs is 1. The second kappa shape index (κ2) is 9.34. The summed E-state index contributed by atoms with van der Waals surface area (Å²) in [5.41, 5.74) is 6.09. The van der Waals surface area contributed by atoms with Crippen molar-refractivity contribution >= 4 is 12.1 Å². The van der Waals surface area contributed by atoms with Gasteiger partial charge in [0.15, 0.2) is 11.5 Å². The van der Waals surface area contributed by atoms with Crippen molar-refractivity contribution < 1.29 is 19.0 Å². The number of ether oxygens (including phenoxy) is 3. The lowest BCUT2D eigenvalue weighted by molar-refractivity contribution is 0.0954. The summed E-state index contributed by atoms with van der Waals surface area (Å²) in [5, 5.41) is 4.08. The van der Waals surface area contributed by atoms with E-state index in [1.54, 1.807) is 31.5 Å². The summed E-state index contributed by atoms with van der Waals surface area (Å²) in [6.07, 6.45) is 2.69. The van der Waals surface area contributed by atoms with Gasteiger partial charge in [-0.05, 0) is 60.0 Å². The topological polar surface area (TPSA) is 69.2 Å². The van der Waals surface area contributed by atoms with Crippen molar-refractivity contribution in [1.82, 2.24) is 5.43 Å². The van der Waals surface area contributed by atoms with Gasteiger partial charge in [0.1, 0.15) is 18.5 Å². The Kier molecular flexibility index (Phi) is 6.17. The Labute approximate surface area is 181 Å². The third-order valence-corrected chi connectivity index (χ3v) is 4.96. The predicted octanol–water partition coefficient (Wildman–Crippen LogP) is 4.36. The first-order valence-corrected chi connectivity index (χ1v) is 10.1. The quantitative estimate of drug-likeness (QED) is 0.459. The number of carbonyl (C=O) groups excluding carboxylic acids is 1. The molecule has 1 aliphatic heterocycles. The van der Waals surface area contributed by atoms with E-state index >= 15 is 0 Å². The van der Waals surface area contributed by atoms with Gasteiger partial charge in [-0.3, -0.25) is 4.79 Å². The molecule has 158 valence electrons. The summed E-state index contributed by atoms with van der Waals surface area (Å²) >= 11 is 0. The Morgan fingerprint density at radius 1 is 1.13 bits per heavy atom. The highest BCUT2D eigenvalue weighted by atomic mass is 16.5. The van der Waals surface area contributed by atoms with Crippen LogP contribution in [0.3, 0.4) is 0 Å². The van der Waals surface area contributed by atoms with E-state index < -0.39 is 0 Å². The van der Waals surface area contributed by atoms with E-state index in [1.165, 1.54) is 0 Å². The molecule has 6 nitrogen and oxygen atoms in total. The normalized spacial score (nSPS) is 14.7. The van der Waals surface area contributed by atoms with Gasteiger partial charge in [-0.15, -0.1) is 0 Å². The van der Waals surface area contributed by atoms with Gasteiger partial charge in [0.25, 0.3) is 5.91 Å². The Hall–Kier alpha value is -3.80. The van der Waals surface area contributed by atoms with Crippen LogP contribution in [-0.4, -0.2) is 25.3 Å². The Balaban J connectivity index is 1.38. The fourth-order valence-electron chi connectivity index (χ4n) is 3.42. The van der Waals surface area contributed by atoms with Crippen molar-refractivity contribution in [1.29, 1.82) is 0 Å². The zero-order chi connectivity index (χ0) is 21.6. The molecule has 3 aromatic rings. The molecule has 31 heavy (non-hydrogen) atoms. The number of hydrogen-bond donors (Lipinski definition) is 1. The number of methoxy groups -OCH3 is 1. The largest absolute Gasteiger partial charge is 0.493 e. The van der Waals surface area contributed by atoms with Crippen LogP contribution in [0.2, 0.25) is 0 Å². The Bertz CT molecular complexity index is 1100. The molecule has 0 bridgehead atoms. The second-order valence-corrected chi connectivity index (χ2v) is 7.34. The standard InChI is InChI=1S/C25H24N2O4/c1-17-12-21-13-19(8-10-22(21)31-17)15-26-27-25(28)20-9-11-23(24(14-20)29-2)30-16-18-6-4-3-5-7-18/h3-11,13-15,17H,12,16H2,1-2H3,(H,27,28)/b26-15+/t17-/m1/s1. The summed E-state index contributed by atoms with van der Waals surface area (Å²) in [5.74, 6) is 1.64. The highest BCUT2D eigenvalue weighted by Gasteiger charge is 2.18. The van der Waals surface area contributed by atoms with E-state index in [0.29, 0.717) is 23.7 Å². The summed E-state index contributed by atoms with van der Waals surface area (Å²) in [6, 6.07) is 20.8. The molecule has 0 unspecified atom stereocenters. The molecule has 1 atom stereocenters. The molecule has 3 aromatic carbocycles. The number of hydrogen-bond acceptors (Lipinski definition) is 5. The van der Waals surface area contributed by atoms with E-state index in [9.17, 15) is 4.79 Å².